The first-order valence-corrected chi connectivity index (χ1v) is 10.7. The minimum Gasteiger partial charge on any atom is -0.343 e. The van der Waals surface area contributed by atoms with Gasteiger partial charge in [0.1, 0.15) is 5.84 Å². The van der Waals surface area contributed by atoms with Crippen LogP contribution in [0.15, 0.2) is 53.5 Å². The van der Waals surface area contributed by atoms with E-state index in [-0.39, 0.29) is 5.41 Å². The Bertz CT molecular complexity index is 829. The standard InChI is InChI=1S/C24H29ClN2/c1-18-8-3-2-6-13-24(15-18)16-20-10-4-5-12-22(20)27-23(24)26-17-19-9-7-11-21(25)14-19/h4-5,7,9-12,14,18H,2-3,6,8,13,15-17H2,1H3,(H,26,27). The average molecular weight is 381 g/mol. The summed E-state index contributed by atoms with van der Waals surface area (Å²) in [5.41, 5.74) is 3.98. The summed E-state index contributed by atoms with van der Waals surface area (Å²) in [6.45, 7) is 3.10. The van der Waals surface area contributed by atoms with Gasteiger partial charge in [-0.2, -0.15) is 0 Å². The lowest BCUT2D eigenvalue weighted by Gasteiger charge is -2.43. The Kier molecular flexibility index (Phi) is 5.54. The molecule has 4 rings (SSSR count). The summed E-state index contributed by atoms with van der Waals surface area (Å²) in [5.74, 6) is 1.93. The lowest BCUT2D eigenvalue weighted by Crippen LogP contribution is -2.43. The van der Waals surface area contributed by atoms with Crippen LogP contribution >= 0.6 is 11.6 Å². The maximum Gasteiger partial charge on any atom is 0.108 e. The van der Waals surface area contributed by atoms with Crippen LogP contribution in [0, 0.1) is 11.3 Å². The van der Waals surface area contributed by atoms with Crippen LogP contribution in [0.4, 0.5) is 5.69 Å². The van der Waals surface area contributed by atoms with Gasteiger partial charge < -0.3 is 5.32 Å². The summed E-state index contributed by atoms with van der Waals surface area (Å²) in [4.78, 5) is 5.12. The zero-order valence-electron chi connectivity index (χ0n) is 16.2. The summed E-state index contributed by atoms with van der Waals surface area (Å²) in [6.07, 6.45) is 8.91. The first-order chi connectivity index (χ1) is 13.1. The zero-order chi connectivity index (χ0) is 18.7. The monoisotopic (exact) mass is 380 g/mol. The number of hydrogen-bond acceptors (Lipinski definition) is 1. The van der Waals surface area contributed by atoms with Crippen molar-refractivity contribution >= 4 is 23.1 Å². The molecule has 1 N–H and O–H groups in total. The number of amidine groups is 1. The van der Waals surface area contributed by atoms with Gasteiger partial charge in [0.05, 0.1) is 6.54 Å². The van der Waals surface area contributed by atoms with E-state index in [4.69, 9.17) is 16.6 Å². The van der Waals surface area contributed by atoms with Crippen molar-refractivity contribution < 1.29 is 0 Å². The third-order valence-corrected chi connectivity index (χ3v) is 6.44. The van der Waals surface area contributed by atoms with Crippen LogP contribution in [0.25, 0.3) is 0 Å². The molecule has 2 unspecified atom stereocenters. The number of aliphatic imine (C=N–C) groups is 1. The van der Waals surface area contributed by atoms with E-state index in [0.717, 1.165) is 17.4 Å². The van der Waals surface area contributed by atoms with Gasteiger partial charge in [0.15, 0.2) is 0 Å². The minimum absolute atomic E-state index is 0.146. The normalized spacial score (nSPS) is 26.9. The molecule has 0 aromatic heterocycles. The molecule has 2 aromatic rings. The first kappa shape index (κ1) is 18.6. The number of benzene rings is 2. The number of anilines is 1. The topological polar surface area (TPSA) is 24.4 Å². The predicted molar refractivity (Wildman–Crippen MR) is 116 cm³/mol. The number of para-hydroxylation sites is 1. The Morgan fingerprint density at radius 1 is 1.11 bits per heavy atom. The van der Waals surface area contributed by atoms with Crippen molar-refractivity contribution in [1.82, 2.24) is 0 Å². The summed E-state index contributed by atoms with van der Waals surface area (Å²) in [7, 11) is 0. The van der Waals surface area contributed by atoms with E-state index in [2.05, 4.69) is 42.6 Å². The van der Waals surface area contributed by atoms with Gasteiger partial charge in [0.25, 0.3) is 0 Å². The van der Waals surface area contributed by atoms with Gasteiger partial charge in [-0.05, 0) is 54.5 Å². The van der Waals surface area contributed by atoms with Crippen molar-refractivity contribution in [3.05, 3.63) is 64.7 Å². The molecular weight excluding hydrogens is 352 g/mol. The van der Waals surface area contributed by atoms with Crippen LogP contribution in [-0.2, 0) is 13.0 Å². The third kappa shape index (κ3) is 4.21. The number of halogens is 1. The first-order valence-electron chi connectivity index (χ1n) is 10.3. The molecule has 1 aliphatic carbocycles. The molecule has 0 radical (unpaired) electrons. The molecular formula is C24H29ClN2. The average Bonchev–Trinajstić information content (AvgIpc) is 2.64. The van der Waals surface area contributed by atoms with E-state index in [1.807, 2.05) is 18.2 Å². The lowest BCUT2D eigenvalue weighted by molar-refractivity contribution is 0.249. The van der Waals surface area contributed by atoms with Crippen LogP contribution in [0.3, 0.4) is 0 Å². The van der Waals surface area contributed by atoms with E-state index in [9.17, 15) is 0 Å². The second-order valence-corrected chi connectivity index (χ2v) is 8.88. The highest BCUT2D eigenvalue weighted by Crippen LogP contribution is 2.45. The quantitative estimate of drug-likeness (QED) is 0.603. The summed E-state index contributed by atoms with van der Waals surface area (Å²) < 4.78 is 0. The fourth-order valence-corrected chi connectivity index (χ4v) is 5.11. The molecule has 27 heavy (non-hydrogen) atoms. The van der Waals surface area contributed by atoms with E-state index in [0.29, 0.717) is 6.54 Å². The summed E-state index contributed by atoms with van der Waals surface area (Å²) >= 11 is 6.17. The van der Waals surface area contributed by atoms with Crippen molar-refractivity contribution in [2.45, 2.75) is 58.4 Å². The van der Waals surface area contributed by atoms with Gasteiger partial charge in [0, 0.05) is 16.1 Å². The van der Waals surface area contributed by atoms with Crippen molar-refractivity contribution in [2.75, 3.05) is 5.32 Å². The molecule has 0 amide bonds. The van der Waals surface area contributed by atoms with E-state index in [1.54, 1.807) is 0 Å². The second-order valence-electron chi connectivity index (χ2n) is 8.44. The van der Waals surface area contributed by atoms with Crippen molar-refractivity contribution in [2.24, 2.45) is 16.3 Å². The molecule has 2 aliphatic rings. The predicted octanol–water partition coefficient (Wildman–Crippen LogP) is 6.88. The molecule has 1 aliphatic heterocycles. The Hall–Kier alpha value is -1.80. The van der Waals surface area contributed by atoms with Gasteiger partial charge in [-0.3, -0.25) is 4.99 Å². The molecule has 0 saturated heterocycles. The van der Waals surface area contributed by atoms with Crippen LogP contribution in [0.2, 0.25) is 5.02 Å². The summed E-state index contributed by atoms with van der Waals surface area (Å²) in [5, 5.41) is 4.51. The highest BCUT2D eigenvalue weighted by molar-refractivity contribution is 6.30. The van der Waals surface area contributed by atoms with E-state index in [1.165, 1.54) is 61.2 Å². The van der Waals surface area contributed by atoms with Crippen LogP contribution < -0.4 is 5.32 Å². The van der Waals surface area contributed by atoms with Gasteiger partial charge in [-0.1, -0.05) is 74.5 Å². The molecule has 1 saturated carbocycles. The third-order valence-electron chi connectivity index (χ3n) is 6.20. The lowest BCUT2D eigenvalue weighted by atomic mass is 9.67. The Labute approximate surface area is 168 Å². The van der Waals surface area contributed by atoms with E-state index < -0.39 is 0 Å². The largest absolute Gasteiger partial charge is 0.343 e. The fourth-order valence-electron chi connectivity index (χ4n) is 4.90. The van der Waals surface area contributed by atoms with Crippen LogP contribution in [0.1, 0.15) is 56.6 Å². The number of nitrogens with one attached hydrogen (secondary N) is 1. The van der Waals surface area contributed by atoms with Gasteiger partial charge in [0.2, 0.25) is 0 Å². The smallest absolute Gasteiger partial charge is 0.108 e. The number of fused-ring (bicyclic) bond motifs is 1. The van der Waals surface area contributed by atoms with Crippen molar-refractivity contribution in [1.29, 1.82) is 0 Å². The molecule has 142 valence electrons. The molecule has 2 atom stereocenters. The zero-order valence-corrected chi connectivity index (χ0v) is 16.9. The summed E-state index contributed by atoms with van der Waals surface area (Å²) in [6, 6.07) is 16.8. The van der Waals surface area contributed by atoms with Crippen molar-refractivity contribution in [3.63, 3.8) is 0 Å². The Morgan fingerprint density at radius 3 is 2.89 bits per heavy atom. The Morgan fingerprint density at radius 2 is 2.00 bits per heavy atom. The van der Waals surface area contributed by atoms with Crippen LogP contribution in [-0.4, -0.2) is 5.84 Å². The maximum atomic E-state index is 6.17. The number of rotatable bonds is 2. The molecule has 3 heteroatoms. The molecule has 2 nitrogen and oxygen atoms in total. The van der Waals surface area contributed by atoms with Gasteiger partial charge >= 0.3 is 0 Å². The van der Waals surface area contributed by atoms with E-state index >= 15 is 0 Å². The Balaban J connectivity index is 1.69. The number of hydrogen-bond donors (Lipinski definition) is 1. The van der Waals surface area contributed by atoms with Crippen molar-refractivity contribution in [3.8, 4) is 0 Å². The highest BCUT2D eigenvalue weighted by Gasteiger charge is 2.41. The van der Waals surface area contributed by atoms with Crippen LogP contribution in [0.5, 0.6) is 0 Å². The highest BCUT2D eigenvalue weighted by atomic mass is 35.5. The fraction of sp³-hybridized carbons (Fsp3) is 0.458. The molecule has 1 heterocycles. The molecule has 0 bridgehead atoms. The molecule has 1 spiro atoms. The number of nitrogens with zero attached hydrogens (tertiary/aromatic N) is 1. The molecule has 2 aromatic carbocycles. The minimum atomic E-state index is 0.146. The maximum absolute atomic E-state index is 6.17. The SMILES string of the molecule is CC1CCCCCC2(Cc3ccccc3NC2=NCc2cccc(Cl)c2)C1. The van der Waals surface area contributed by atoms with Gasteiger partial charge in [-0.25, -0.2) is 0 Å². The van der Waals surface area contributed by atoms with Gasteiger partial charge in [-0.15, -0.1) is 0 Å². The second kappa shape index (κ2) is 8.06. The molecule has 1 fully saturated rings.